The lowest BCUT2D eigenvalue weighted by molar-refractivity contribution is 0.687. The first-order valence-electron chi connectivity index (χ1n) is 10.1. The fraction of sp³-hybridized carbons (Fsp3) is 0.208. The molecule has 0 saturated heterocycles. The minimum atomic E-state index is -0.507. The molecule has 0 radical (unpaired) electrons. The van der Waals surface area contributed by atoms with Gasteiger partial charge < -0.3 is 0 Å². The van der Waals surface area contributed by atoms with E-state index >= 15 is 0 Å². The Morgan fingerprint density at radius 1 is 0.938 bits per heavy atom. The van der Waals surface area contributed by atoms with E-state index in [1.807, 2.05) is 52.2 Å². The zero-order chi connectivity index (χ0) is 22.9. The lowest BCUT2D eigenvalue weighted by Gasteiger charge is -2.17. The number of hydrogen-bond acceptors (Lipinski definition) is 5. The second-order valence-corrected chi connectivity index (χ2v) is 9.23. The fourth-order valence-electron chi connectivity index (χ4n) is 3.48. The van der Waals surface area contributed by atoms with Gasteiger partial charge in [-0.3, -0.25) is 10.2 Å². The number of rotatable bonds is 2. The van der Waals surface area contributed by atoms with Gasteiger partial charge in [0, 0.05) is 22.8 Å². The quantitative estimate of drug-likeness (QED) is 0.274. The van der Waals surface area contributed by atoms with Crippen LogP contribution in [0.5, 0.6) is 0 Å². The maximum absolute atomic E-state index is 9.33. The van der Waals surface area contributed by atoms with Crippen LogP contribution in [0.1, 0.15) is 32.0 Å². The zero-order valence-electron chi connectivity index (χ0n) is 18.2. The van der Waals surface area contributed by atoms with Crippen LogP contribution in [0.2, 0.25) is 0 Å². The molecule has 0 aliphatic carbocycles. The summed E-state index contributed by atoms with van der Waals surface area (Å²) in [6.07, 6.45) is 7.30. The number of fused-ring (bicyclic) bond motifs is 2. The number of nitrogens with zero attached hydrogens (tertiary/aromatic N) is 5. The molecule has 0 unspecified atom stereocenters. The van der Waals surface area contributed by atoms with E-state index in [-0.39, 0.29) is 1.43 Å². The summed E-state index contributed by atoms with van der Waals surface area (Å²) in [6, 6.07) is 10.5. The lowest BCUT2D eigenvalue weighted by Crippen LogP contribution is -2.13. The molecule has 0 bridgehead atoms. The number of nitriles is 1. The molecule has 5 aromatic rings. The van der Waals surface area contributed by atoms with Crippen LogP contribution in [0.4, 0.5) is 0 Å². The van der Waals surface area contributed by atoms with Crippen LogP contribution < -0.4 is 0 Å². The molecule has 0 spiro atoms. The van der Waals surface area contributed by atoms with Gasteiger partial charge >= 0.3 is 0 Å². The van der Waals surface area contributed by atoms with Crippen molar-refractivity contribution >= 4 is 44.7 Å². The minimum Gasteiger partial charge on any atom is -0.261 e. The van der Waals surface area contributed by atoms with Crippen LogP contribution in [-0.2, 0) is 5.41 Å². The monoisotopic (exact) mass is 538 g/mol. The van der Waals surface area contributed by atoms with Gasteiger partial charge in [0.2, 0.25) is 0 Å². The van der Waals surface area contributed by atoms with Crippen molar-refractivity contribution < 1.29 is 1.43 Å². The molecular formula is C24H24IN7. The topological polar surface area (TPSA) is 107 Å². The fourth-order valence-corrected chi connectivity index (χ4v) is 4.01. The van der Waals surface area contributed by atoms with Crippen LogP contribution in [0.3, 0.4) is 0 Å². The third kappa shape index (κ3) is 4.08. The summed E-state index contributed by atoms with van der Waals surface area (Å²) in [5.74, 6) is 0. The number of halogens is 1. The summed E-state index contributed by atoms with van der Waals surface area (Å²) in [5.41, 5.74) is 6.63. The Kier molecular flexibility index (Phi) is 5.93. The largest absolute Gasteiger partial charge is 0.261 e. The van der Waals surface area contributed by atoms with Crippen molar-refractivity contribution in [1.82, 2.24) is 30.4 Å². The number of hydrogen-bond donors (Lipinski definition) is 2. The summed E-state index contributed by atoms with van der Waals surface area (Å²) in [5, 5.41) is 25.1. The van der Waals surface area contributed by atoms with Crippen molar-refractivity contribution in [2.75, 3.05) is 0 Å². The van der Waals surface area contributed by atoms with Gasteiger partial charge in [-0.25, -0.2) is 9.97 Å². The van der Waals surface area contributed by atoms with Gasteiger partial charge in [0.1, 0.15) is 0 Å². The van der Waals surface area contributed by atoms with Crippen molar-refractivity contribution in [1.29, 1.82) is 5.26 Å². The van der Waals surface area contributed by atoms with Crippen molar-refractivity contribution in [3.05, 3.63) is 69.3 Å². The number of benzene rings is 1. The molecule has 7 nitrogen and oxygen atoms in total. The highest BCUT2D eigenvalue weighted by molar-refractivity contribution is 14.1. The molecule has 1 aromatic carbocycles. The average molecular weight is 538 g/mol. The van der Waals surface area contributed by atoms with E-state index in [4.69, 9.17) is 0 Å². The molecule has 162 valence electrons. The van der Waals surface area contributed by atoms with Crippen molar-refractivity contribution in [2.45, 2.75) is 33.1 Å². The Bertz CT molecular complexity index is 1460. The number of pyridine rings is 2. The maximum atomic E-state index is 9.33. The molecule has 4 aromatic heterocycles. The Balaban J connectivity index is 0.000000215. The molecule has 32 heavy (non-hydrogen) atoms. The van der Waals surface area contributed by atoms with E-state index in [9.17, 15) is 5.26 Å². The highest BCUT2D eigenvalue weighted by Gasteiger charge is 2.20. The van der Waals surface area contributed by atoms with Gasteiger partial charge in [-0.1, -0.05) is 18.2 Å². The second-order valence-electron chi connectivity index (χ2n) is 8.15. The van der Waals surface area contributed by atoms with E-state index in [0.717, 1.165) is 44.3 Å². The number of aryl methyl sites for hydroxylation is 2. The van der Waals surface area contributed by atoms with E-state index in [2.05, 4.69) is 71.2 Å². The predicted molar refractivity (Wildman–Crippen MR) is 136 cm³/mol. The van der Waals surface area contributed by atoms with Crippen molar-refractivity contribution in [3.8, 4) is 17.2 Å². The normalized spacial score (nSPS) is 11.2. The number of aromatic nitrogens is 6. The highest BCUT2D eigenvalue weighted by atomic mass is 127. The Morgan fingerprint density at radius 2 is 1.56 bits per heavy atom. The predicted octanol–water partition coefficient (Wildman–Crippen LogP) is 5.85. The van der Waals surface area contributed by atoms with E-state index in [0.29, 0.717) is 0 Å². The minimum absolute atomic E-state index is 0. The summed E-state index contributed by atoms with van der Waals surface area (Å²) >= 11 is 2.30. The second kappa shape index (κ2) is 8.67. The Morgan fingerprint density at radius 3 is 2.25 bits per heavy atom. The van der Waals surface area contributed by atoms with Gasteiger partial charge in [-0.05, 0) is 84.2 Å². The Hall–Kier alpha value is -3.32. The van der Waals surface area contributed by atoms with Crippen LogP contribution in [-0.4, -0.2) is 30.4 Å². The smallest absolute Gasteiger partial charge is 0.156 e. The lowest BCUT2D eigenvalue weighted by atomic mass is 9.84. The molecule has 0 fully saturated rings. The third-order valence-corrected chi connectivity index (χ3v) is 6.84. The summed E-state index contributed by atoms with van der Waals surface area (Å²) in [6.45, 7) is 7.94. The third-order valence-electron chi connectivity index (χ3n) is 5.41. The zero-order valence-corrected chi connectivity index (χ0v) is 20.4. The van der Waals surface area contributed by atoms with Crippen LogP contribution in [0, 0.1) is 28.7 Å². The molecule has 0 atom stereocenters. The van der Waals surface area contributed by atoms with Crippen molar-refractivity contribution in [3.63, 3.8) is 0 Å². The maximum Gasteiger partial charge on any atom is 0.156 e. The van der Waals surface area contributed by atoms with Crippen LogP contribution in [0.25, 0.3) is 33.2 Å². The molecule has 4 heterocycles. The number of nitrogens with one attached hydrogen (secondary N) is 2. The summed E-state index contributed by atoms with van der Waals surface area (Å²) < 4.78 is 1.22. The van der Waals surface area contributed by atoms with E-state index in [1.165, 1.54) is 9.13 Å². The van der Waals surface area contributed by atoms with Crippen LogP contribution >= 0.6 is 22.6 Å². The van der Waals surface area contributed by atoms with Gasteiger partial charge in [-0.2, -0.15) is 15.5 Å². The summed E-state index contributed by atoms with van der Waals surface area (Å²) in [7, 11) is 0. The van der Waals surface area contributed by atoms with Crippen molar-refractivity contribution in [2.24, 2.45) is 0 Å². The number of H-pyrrole nitrogens is 2. The average Bonchev–Trinajstić information content (AvgIpc) is 3.46. The molecule has 0 aliphatic rings. The first-order valence-corrected chi connectivity index (χ1v) is 11.1. The molecule has 0 amide bonds. The van der Waals surface area contributed by atoms with Gasteiger partial charge in [-0.15, -0.1) is 0 Å². The summed E-state index contributed by atoms with van der Waals surface area (Å²) in [4.78, 5) is 8.52. The molecule has 0 aliphatic heterocycles. The molecule has 2 N–H and O–H groups in total. The standard InChI is InChI=1S/C17H16N4.C7H6IN3.H2/c1-11-8-19-16-14(9-20-21-16)15(11)12-5-4-6-13(7-12)17(2,3)10-18;1-4-2-9-7-5(6(4)8)3-10-11-7;/h4-9H,1-3H3,(H,19,20,21);2-3H,1H3,(H,9,10,11);1H/i;;1+1. The van der Waals surface area contributed by atoms with Gasteiger partial charge in [0.15, 0.2) is 11.3 Å². The van der Waals surface area contributed by atoms with E-state index < -0.39 is 5.41 Å². The molecule has 0 saturated carbocycles. The Labute approximate surface area is 200 Å². The van der Waals surface area contributed by atoms with Gasteiger partial charge in [0.25, 0.3) is 0 Å². The van der Waals surface area contributed by atoms with E-state index in [1.54, 1.807) is 12.4 Å². The molecule has 8 heteroatoms. The highest BCUT2D eigenvalue weighted by Crippen LogP contribution is 2.33. The first-order chi connectivity index (χ1) is 15.3. The van der Waals surface area contributed by atoms with Gasteiger partial charge in [0.05, 0.1) is 29.3 Å². The van der Waals surface area contributed by atoms with Crippen LogP contribution in [0.15, 0.2) is 49.1 Å². The SMILES string of the molecule is Cc1cnc2[nH]ncc2c1-c1cccc(C(C)(C)C#N)c1.Cc1cnc2[nH]ncc2c1I.[2HH]. The number of aromatic amines is 2. The molecular weight excluding hydrogens is 513 g/mol. The molecule has 5 rings (SSSR count). The first kappa shape index (κ1) is 21.9.